The number of aryl methyl sites for hydroxylation is 3. The largest absolute Gasteiger partial charge is 0.481 e. The first-order valence-electron chi connectivity index (χ1n) is 9.21. The Kier molecular flexibility index (Phi) is 4.41. The van der Waals surface area contributed by atoms with E-state index in [2.05, 4.69) is 15.5 Å². The van der Waals surface area contributed by atoms with Crippen LogP contribution in [0, 0.1) is 26.7 Å². The van der Waals surface area contributed by atoms with Crippen LogP contribution in [0.3, 0.4) is 0 Å². The lowest BCUT2D eigenvalue weighted by Crippen LogP contribution is -2.33. The van der Waals surface area contributed by atoms with E-state index >= 15 is 0 Å². The third-order valence-corrected chi connectivity index (χ3v) is 5.30. The number of carbonyl (C=O) groups is 2. The molecule has 3 aromatic heterocycles. The zero-order valence-corrected chi connectivity index (χ0v) is 15.9. The second-order valence-corrected chi connectivity index (χ2v) is 7.35. The van der Waals surface area contributed by atoms with Crippen molar-refractivity contribution in [3.63, 3.8) is 0 Å². The molecule has 0 spiro atoms. The minimum atomic E-state index is -0.814. The smallest absolute Gasteiger partial charge is 0.306 e. The van der Waals surface area contributed by atoms with Gasteiger partial charge >= 0.3 is 5.97 Å². The maximum absolute atomic E-state index is 13.0. The number of fused-ring (bicyclic) bond motifs is 1. The van der Waals surface area contributed by atoms with Crippen LogP contribution < -0.4 is 5.32 Å². The molecule has 0 radical (unpaired) electrons. The number of carbonyl (C=O) groups excluding carboxylic acids is 1. The summed E-state index contributed by atoms with van der Waals surface area (Å²) < 4.78 is 10.9. The van der Waals surface area contributed by atoms with E-state index in [9.17, 15) is 14.7 Å². The van der Waals surface area contributed by atoms with Crippen LogP contribution in [0.1, 0.15) is 46.8 Å². The van der Waals surface area contributed by atoms with Gasteiger partial charge in [-0.1, -0.05) is 5.16 Å². The summed E-state index contributed by atoms with van der Waals surface area (Å²) in [6.07, 6.45) is 1.65. The summed E-state index contributed by atoms with van der Waals surface area (Å²) >= 11 is 0. The Balaban J connectivity index is 1.71. The van der Waals surface area contributed by atoms with Gasteiger partial charge in [-0.05, 0) is 52.2 Å². The quantitative estimate of drug-likeness (QED) is 0.709. The third kappa shape index (κ3) is 3.15. The lowest BCUT2D eigenvalue weighted by atomic mass is 10.0. The summed E-state index contributed by atoms with van der Waals surface area (Å²) in [5.74, 6) is -0.0565. The maximum Gasteiger partial charge on any atom is 0.306 e. The molecule has 4 rings (SSSR count). The molecule has 1 aliphatic rings. The Morgan fingerprint density at radius 1 is 1.21 bits per heavy atom. The standard InChI is InChI=1S/C20H21N3O5/c1-9-6-14(11(3)27-9)16-8-15(17-10(2)23-28-19(17)22-16)18(24)21-13-5-4-12(7-13)20(25)26/h6,8,12-13H,4-5,7H2,1-3H3,(H,21,24)(H,25,26)/t12-,13+/m0/s1. The molecule has 0 bridgehead atoms. The van der Waals surface area contributed by atoms with Gasteiger partial charge < -0.3 is 19.4 Å². The minimum absolute atomic E-state index is 0.168. The highest BCUT2D eigenvalue weighted by Crippen LogP contribution is 2.31. The summed E-state index contributed by atoms with van der Waals surface area (Å²) in [5, 5.41) is 16.6. The van der Waals surface area contributed by atoms with Crippen molar-refractivity contribution in [2.24, 2.45) is 5.92 Å². The van der Waals surface area contributed by atoms with E-state index in [1.165, 1.54) is 0 Å². The number of hydrogen-bond acceptors (Lipinski definition) is 6. The number of pyridine rings is 1. The fourth-order valence-electron chi connectivity index (χ4n) is 3.90. The number of aromatic nitrogens is 2. The highest BCUT2D eigenvalue weighted by Gasteiger charge is 2.31. The zero-order chi connectivity index (χ0) is 20.0. The lowest BCUT2D eigenvalue weighted by molar-refractivity contribution is -0.141. The van der Waals surface area contributed by atoms with Gasteiger partial charge in [0.15, 0.2) is 0 Å². The first-order valence-corrected chi connectivity index (χ1v) is 9.21. The lowest BCUT2D eigenvalue weighted by Gasteiger charge is -2.13. The summed E-state index contributed by atoms with van der Waals surface area (Å²) in [5.41, 5.74) is 2.63. The molecule has 1 aliphatic carbocycles. The van der Waals surface area contributed by atoms with Crippen LogP contribution in [0.4, 0.5) is 0 Å². The molecular formula is C20H21N3O5. The molecule has 0 unspecified atom stereocenters. The predicted octanol–water partition coefficient (Wildman–Crippen LogP) is 3.39. The summed E-state index contributed by atoms with van der Waals surface area (Å²) in [7, 11) is 0. The molecule has 146 valence electrons. The average molecular weight is 383 g/mol. The summed E-state index contributed by atoms with van der Waals surface area (Å²) in [4.78, 5) is 28.7. The second-order valence-electron chi connectivity index (χ2n) is 7.35. The summed E-state index contributed by atoms with van der Waals surface area (Å²) in [6, 6.07) is 3.41. The number of hydrogen-bond donors (Lipinski definition) is 2. The monoisotopic (exact) mass is 383 g/mol. The van der Waals surface area contributed by atoms with Gasteiger partial charge in [0.05, 0.1) is 28.3 Å². The van der Waals surface area contributed by atoms with Crippen molar-refractivity contribution in [1.82, 2.24) is 15.5 Å². The fraction of sp³-hybridized carbons (Fsp3) is 0.400. The number of furan rings is 1. The molecule has 0 saturated heterocycles. The average Bonchev–Trinajstić information content (AvgIpc) is 3.34. The molecule has 2 N–H and O–H groups in total. The van der Waals surface area contributed by atoms with Crippen molar-refractivity contribution < 1.29 is 23.6 Å². The van der Waals surface area contributed by atoms with Gasteiger partial charge in [0.1, 0.15) is 11.5 Å². The van der Waals surface area contributed by atoms with Crippen molar-refractivity contribution in [2.45, 2.75) is 46.1 Å². The summed E-state index contributed by atoms with van der Waals surface area (Å²) in [6.45, 7) is 5.44. The molecule has 3 heterocycles. The van der Waals surface area contributed by atoms with E-state index in [1.807, 2.05) is 19.9 Å². The predicted molar refractivity (Wildman–Crippen MR) is 99.9 cm³/mol. The number of carboxylic acids is 1. The Bertz CT molecular complexity index is 1080. The molecule has 8 heteroatoms. The van der Waals surface area contributed by atoms with Gasteiger partial charge in [-0.2, -0.15) is 0 Å². The zero-order valence-electron chi connectivity index (χ0n) is 15.9. The van der Waals surface area contributed by atoms with Gasteiger partial charge in [-0.15, -0.1) is 0 Å². The number of nitrogens with one attached hydrogen (secondary N) is 1. The van der Waals surface area contributed by atoms with Gasteiger partial charge in [-0.3, -0.25) is 9.59 Å². The van der Waals surface area contributed by atoms with E-state index in [1.54, 1.807) is 13.0 Å². The van der Waals surface area contributed by atoms with Crippen LogP contribution in [0.15, 0.2) is 21.1 Å². The first-order chi connectivity index (χ1) is 13.3. The molecule has 1 fully saturated rings. The fourth-order valence-corrected chi connectivity index (χ4v) is 3.90. The highest BCUT2D eigenvalue weighted by atomic mass is 16.5. The molecule has 0 aromatic carbocycles. The molecule has 1 amide bonds. The molecule has 2 atom stereocenters. The number of rotatable bonds is 4. The molecule has 8 nitrogen and oxygen atoms in total. The van der Waals surface area contributed by atoms with Crippen LogP contribution >= 0.6 is 0 Å². The van der Waals surface area contributed by atoms with Crippen LogP contribution in [0.25, 0.3) is 22.4 Å². The van der Waals surface area contributed by atoms with Gasteiger partial charge in [0, 0.05) is 11.6 Å². The van der Waals surface area contributed by atoms with Gasteiger partial charge in [-0.25, -0.2) is 4.98 Å². The Morgan fingerprint density at radius 2 is 2.00 bits per heavy atom. The molecule has 0 aliphatic heterocycles. The SMILES string of the molecule is Cc1cc(-c2cc(C(=O)N[C@@H]3CC[C@H](C(=O)O)C3)c3c(C)noc3n2)c(C)o1. The van der Waals surface area contributed by atoms with Crippen molar-refractivity contribution >= 4 is 23.0 Å². The van der Waals surface area contributed by atoms with Gasteiger partial charge in [0.25, 0.3) is 11.6 Å². The molecule has 3 aromatic rings. The van der Waals surface area contributed by atoms with E-state index in [0.717, 1.165) is 11.3 Å². The van der Waals surface area contributed by atoms with Crippen LogP contribution in [0.2, 0.25) is 0 Å². The maximum atomic E-state index is 13.0. The van der Waals surface area contributed by atoms with Crippen LogP contribution in [-0.2, 0) is 4.79 Å². The number of nitrogens with zero attached hydrogens (tertiary/aromatic N) is 2. The Morgan fingerprint density at radius 3 is 2.64 bits per heavy atom. The first kappa shape index (κ1) is 18.2. The minimum Gasteiger partial charge on any atom is -0.481 e. The molecular weight excluding hydrogens is 362 g/mol. The second kappa shape index (κ2) is 6.78. The van der Waals surface area contributed by atoms with E-state index < -0.39 is 11.9 Å². The topological polar surface area (TPSA) is 118 Å². The Labute approximate surface area is 160 Å². The van der Waals surface area contributed by atoms with Crippen molar-refractivity contribution in [3.05, 3.63) is 34.9 Å². The number of amides is 1. The number of aliphatic carboxylic acids is 1. The molecule has 28 heavy (non-hydrogen) atoms. The van der Waals surface area contributed by atoms with E-state index in [0.29, 0.717) is 47.4 Å². The van der Waals surface area contributed by atoms with E-state index in [4.69, 9.17) is 8.94 Å². The Hall–Kier alpha value is -3.16. The van der Waals surface area contributed by atoms with Crippen molar-refractivity contribution in [1.29, 1.82) is 0 Å². The van der Waals surface area contributed by atoms with Crippen LogP contribution in [-0.4, -0.2) is 33.2 Å². The highest BCUT2D eigenvalue weighted by molar-refractivity contribution is 6.07. The van der Waals surface area contributed by atoms with Gasteiger partial charge in [0.2, 0.25) is 0 Å². The normalized spacial score (nSPS) is 19.2. The van der Waals surface area contributed by atoms with Crippen molar-refractivity contribution in [3.8, 4) is 11.3 Å². The third-order valence-electron chi connectivity index (χ3n) is 5.30. The van der Waals surface area contributed by atoms with Crippen molar-refractivity contribution in [2.75, 3.05) is 0 Å². The number of carboxylic acid groups (broad SMARTS) is 1. The van der Waals surface area contributed by atoms with Crippen LogP contribution in [0.5, 0.6) is 0 Å². The van der Waals surface area contributed by atoms with E-state index in [-0.39, 0.29) is 17.7 Å². The molecule has 1 saturated carbocycles.